The van der Waals surface area contributed by atoms with E-state index >= 15 is 0 Å². The van der Waals surface area contributed by atoms with Gasteiger partial charge >= 0.3 is 0 Å². The van der Waals surface area contributed by atoms with Crippen LogP contribution in [-0.4, -0.2) is 48.3 Å². The number of ketones is 1. The highest BCUT2D eigenvalue weighted by molar-refractivity contribution is 6.02. The Balaban J connectivity index is 1.66. The maximum Gasteiger partial charge on any atom is 0.255 e. The fourth-order valence-corrected chi connectivity index (χ4v) is 3.94. The standard InChI is InChI=1S/C21H27N3O2/c1-14-19(15(2)22-20(14)16(3)25)21(26)23(4)12-17-10-11-24(13-17)18-8-6-5-7-9-18/h5-9,17,22H,10-13H2,1-4H3. The van der Waals surface area contributed by atoms with E-state index in [0.717, 1.165) is 37.3 Å². The van der Waals surface area contributed by atoms with E-state index in [0.29, 0.717) is 17.2 Å². The normalized spacial score (nSPS) is 16.8. The average molecular weight is 353 g/mol. The van der Waals surface area contributed by atoms with Crippen LogP contribution in [0.25, 0.3) is 0 Å². The molecule has 1 aromatic carbocycles. The van der Waals surface area contributed by atoms with Crippen molar-refractivity contribution < 1.29 is 9.59 Å². The zero-order valence-corrected chi connectivity index (χ0v) is 16.0. The number of H-pyrrole nitrogens is 1. The van der Waals surface area contributed by atoms with E-state index in [-0.39, 0.29) is 11.7 Å². The van der Waals surface area contributed by atoms with Crippen molar-refractivity contribution in [3.8, 4) is 0 Å². The van der Waals surface area contributed by atoms with Crippen molar-refractivity contribution in [2.75, 3.05) is 31.6 Å². The van der Waals surface area contributed by atoms with Crippen LogP contribution in [0.5, 0.6) is 0 Å². The summed E-state index contributed by atoms with van der Waals surface area (Å²) in [6.07, 6.45) is 1.08. The van der Waals surface area contributed by atoms with Gasteiger partial charge in [-0.3, -0.25) is 9.59 Å². The van der Waals surface area contributed by atoms with Gasteiger partial charge in [0.05, 0.1) is 11.3 Å². The van der Waals surface area contributed by atoms with Crippen molar-refractivity contribution in [1.29, 1.82) is 0 Å². The van der Waals surface area contributed by atoms with Gasteiger partial charge in [-0.1, -0.05) is 18.2 Å². The van der Waals surface area contributed by atoms with Crippen LogP contribution < -0.4 is 4.90 Å². The van der Waals surface area contributed by atoms with E-state index in [1.165, 1.54) is 12.6 Å². The summed E-state index contributed by atoms with van der Waals surface area (Å²) >= 11 is 0. The Kier molecular flexibility index (Phi) is 5.16. The Morgan fingerprint density at radius 1 is 1.23 bits per heavy atom. The molecular weight excluding hydrogens is 326 g/mol. The van der Waals surface area contributed by atoms with E-state index in [4.69, 9.17) is 0 Å². The number of hydrogen-bond donors (Lipinski definition) is 1. The number of benzene rings is 1. The number of nitrogens with one attached hydrogen (secondary N) is 1. The van der Waals surface area contributed by atoms with Gasteiger partial charge in [0.2, 0.25) is 0 Å². The molecular formula is C21H27N3O2. The van der Waals surface area contributed by atoms with Gasteiger partial charge in [0.1, 0.15) is 0 Å². The van der Waals surface area contributed by atoms with Crippen molar-refractivity contribution in [3.05, 3.63) is 52.8 Å². The van der Waals surface area contributed by atoms with Gasteiger partial charge in [0.15, 0.2) is 5.78 Å². The maximum atomic E-state index is 12.9. The number of para-hydroxylation sites is 1. The molecule has 1 unspecified atom stereocenters. The average Bonchev–Trinajstić information content (AvgIpc) is 3.19. The van der Waals surface area contributed by atoms with Crippen LogP contribution in [0.4, 0.5) is 5.69 Å². The largest absolute Gasteiger partial charge is 0.371 e. The Labute approximate surface area is 155 Å². The van der Waals surface area contributed by atoms with Crippen LogP contribution in [0.2, 0.25) is 0 Å². The van der Waals surface area contributed by atoms with E-state index in [2.05, 4.69) is 34.1 Å². The molecule has 1 amide bonds. The van der Waals surface area contributed by atoms with E-state index in [1.807, 2.05) is 27.0 Å². The van der Waals surface area contributed by atoms with E-state index in [1.54, 1.807) is 4.90 Å². The van der Waals surface area contributed by atoms with Crippen molar-refractivity contribution in [1.82, 2.24) is 9.88 Å². The molecule has 26 heavy (non-hydrogen) atoms. The van der Waals surface area contributed by atoms with Crippen LogP contribution in [0.3, 0.4) is 0 Å². The molecule has 2 heterocycles. The number of Topliss-reactive ketones (excluding diaryl/α,β-unsaturated/α-hetero) is 1. The summed E-state index contributed by atoms with van der Waals surface area (Å²) in [4.78, 5) is 31.9. The number of carbonyl (C=O) groups excluding carboxylic acids is 2. The smallest absolute Gasteiger partial charge is 0.255 e. The van der Waals surface area contributed by atoms with E-state index < -0.39 is 0 Å². The molecule has 138 valence electrons. The number of nitrogens with zero attached hydrogens (tertiary/aromatic N) is 2. The zero-order chi connectivity index (χ0) is 18.8. The predicted octanol–water partition coefficient (Wildman–Crippen LogP) is 3.43. The maximum absolute atomic E-state index is 12.9. The summed E-state index contributed by atoms with van der Waals surface area (Å²) in [5.41, 5.74) is 3.93. The first kappa shape index (κ1) is 18.2. The molecule has 0 radical (unpaired) electrons. The third-order valence-electron chi connectivity index (χ3n) is 5.29. The lowest BCUT2D eigenvalue weighted by molar-refractivity contribution is 0.0775. The number of aryl methyl sites for hydroxylation is 1. The minimum atomic E-state index is -0.0402. The van der Waals surface area contributed by atoms with Gasteiger partial charge in [0, 0.05) is 45.0 Å². The Morgan fingerprint density at radius 3 is 2.54 bits per heavy atom. The fraction of sp³-hybridized carbons (Fsp3) is 0.429. The molecule has 1 N–H and O–H groups in total. The number of aromatic nitrogens is 1. The summed E-state index contributed by atoms with van der Waals surface area (Å²) in [7, 11) is 1.85. The fourth-order valence-electron chi connectivity index (χ4n) is 3.94. The topological polar surface area (TPSA) is 56.4 Å². The highest BCUT2D eigenvalue weighted by Gasteiger charge is 2.27. The molecule has 1 aromatic heterocycles. The highest BCUT2D eigenvalue weighted by Crippen LogP contribution is 2.25. The summed E-state index contributed by atoms with van der Waals surface area (Å²) in [6, 6.07) is 10.4. The predicted molar refractivity (Wildman–Crippen MR) is 104 cm³/mol. The second kappa shape index (κ2) is 7.36. The zero-order valence-electron chi connectivity index (χ0n) is 16.0. The molecule has 0 bridgehead atoms. The summed E-state index contributed by atoms with van der Waals surface area (Å²) in [6.45, 7) is 7.93. The molecule has 5 heteroatoms. The highest BCUT2D eigenvalue weighted by atomic mass is 16.2. The quantitative estimate of drug-likeness (QED) is 0.838. The van der Waals surface area contributed by atoms with Crippen molar-refractivity contribution in [3.63, 3.8) is 0 Å². The Morgan fingerprint density at radius 2 is 1.92 bits per heavy atom. The minimum Gasteiger partial charge on any atom is -0.371 e. The Hall–Kier alpha value is -2.56. The molecule has 5 nitrogen and oxygen atoms in total. The third kappa shape index (κ3) is 3.52. The SMILES string of the molecule is CC(=O)c1[nH]c(C)c(C(=O)N(C)CC2CCN(c3ccccc3)C2)c1C. The van der Waals surface area contributed by atoms with Gasteiger partial charge in [-0.2, -0.15) is 0 Å². The molecule has 3 rings (SSSR count). The number of hydrogen-bond acceptors (Lipinski definition) is 3. The van der Waals surface area contributed by atoms with Crippen molar-refractivity contribution in [2.45, 2.75) is 27.2 Å². The first-order chi connectivity index (χ1) is 12.4. The second-order valence-corrected chi connectivity index (χ2v) is 7.30. The van der Waals surface area contributed by atoms with Crippen LogP contribution in [0, 0.1) is 19.8 Å². The van der Waals surface area contributed by atoms with Crippen molar-refractivity contribution >= 4 is 17.4 Å². The van der Waals surface area contributed by atoms with Gasteiger partial charge in [-0.25, -0.2) is 0 Å². The minimum absolute atomic E-state index is 0.0121. The lowest BCUT2D eigenvalue weighted by Crippen LogP contribution is -2.33. The Bertz CT molecular complexity index is 810. The van der Waals surface area contributed by atoms with Crippen LogP contribution in [0.1, 0.15) is 45.4 Å². The lowest BCUT2D eigenvalue weighted by Gasteiger charge is -2.23. The second-order valence-electron chi connectivity index (χ2n) is 7.30. The number of anilines is 1. The molecule has 0 spiro atoms. The van der Waals surface area contributed by atoms with Gasteiger partial charge < -0.3 is 14.8 Å². The van der Waals surface area contributed by atoms with Crippen LogP contribution in [-0.2, 0) is 0 Å². The van der Waals surface area contributed by atoms with Gasteiger partial charge in [0.25, 0.3) is 5.91 Å². The molecule has 2 aromatic rings. The molecule has 1 aliphatic rings. The van der Waals surface area contributed by atoms with Crippen LogP contribution >= 0.6 is 0 Å². The summed E-state index contributed by atoms with van der Waals surface area (Å²) in [5.74, 6) is 0.402. The van der Waals surface area contributed by atoms with E-state index in [9.17, 15) is 9.59 Å². The first-order valence-electron chi connectivity index (χ1n) is 9.14. The molecule has 0 saturated carbocycles. The number of carbonyl (C=O) groups is 2. The lowest BCUT2D eigenvalue weighted by atomic mass is 10.1. The molecule has 1 fully saturated rings. The molecule has 1 atom stereocenters. The molecule has 1 aliphatic heterocycles. The molecule has 0 aliphatic carbocycles. The van der Waals surface area contributed by atoms with Crippen LogP contribution in [0.15, 0.2) is 30.3 Å². The summed E-state index contributed by atoms with van der Waals surface area (Å²) in [5, 5.41) is 0. The van der Waals surface area contributed by atoms with Gasteiger partial charge in [-0.05, 0) is 43.9 Å². The molecule has 1 saturated heterocycles. The summed E-state index contributed by atoms with van der Waals surface area (Å²) < 4.78 is 0. The van der Waals surface area contributed by atoms with Crippen molar-refractivity contribution in [2.24, 2.45) is 5.92 Å². The monoisotopic (exact) mass is 353 g/mol. The van der Waals surface area contributed by atoms with Gasteiger partial charge in [-0.15, -0.1) is 0 Å². The number of amides is 1. The first-order valence-corrected chi connectivity index (χ1v) is 9.14. The number of aromatic amines is 1. The third-order valence-corrected chi connectivity index (χ3v) is 5.29. The number of rotatable bonds is 5.